The van der Waals surface area contributed by atoms with Crippen molar-refractivity contribution in [2.24, 2.45) is 0 Å². The summed E-state index contributed by atoms with van der Waals surface area (Å²) in [5, 5.41) is 0. The van der Waals surface area contributed by atoms with Crippen molar-refractivity contribution in [1.82, 2.24) is 0 Å². The third-order valence-corrected chi connectivity index (χ3v) is 5.39. The molecule has 2 aromatic rings. The van der Waals surface area contributed by atoms with Crippen LogP contribution in [-0.4, -0.2) is 25.3 Å². The van der Waals surface area contributed by atoms with E-state index in [4.69, 9.17) is 14.2 Å². The molecule has 26 heavy (non-hydrogen) atoms. The SMILES string of the molecule is COc1ccc(C2(c3ccccc3)OC2C(=O)OC2CCCCC2)cc1. The summed E-state index contributed by atoms with van der Waals surface area (Å²) < 4.78 is 17.1. The molecule has 0 aromatic heterocycles. The molecule has 1 saturated carbocycles. The molecule has 1 aliphatic heterocycles. The fourth-order valence-corrected chi connectivity index (χ4v) is 3.90. The molecule has 2 aromatic carbocycles. The molecule has 2 fully saturated rings. The molecule has 1 aliphatic carbocycles. The normalized spacial score (nSPS) is 25.5. The number of epoxide rings is 1. The zero-order valence-electron chi connectivity index (χ0n) is 15.0. The molecule has 1 saturated heterocycles. The first-order chi connectivity index (χ1) is 12.7. The maximum absolute atomic E-state index is 12.8. The van der Waals surface area contributed by atoms with E-state index in [1.165, 1.54) is 6.42 Å². The maximum atomic E-state index is 12.8. The van der Waals surface area contributed by atoms with Crippen LogP contribution in [-0.2, 0) is 19.9 Å². The summed E-state index contributed by atoms with van der Waals surface area (Å²) in [4.78, 5) is 12.8. The first-order valence-corrected chi connectivity index (χ1v) is 9.32. The molecule has 2 aliphatic rings. The van der Waals surface area contributed by atoms with Crippen molar-refractivity contribution in [3.05, 3.63) is 65.7 Å². The van der Waals surface area contributed by atoms with Crippen LogP contribution in [0.5, 0.6) is 5.75 Å². The largest absolute Gasteiger partial charge is 0.497 e. The van der Waals surface area contributed by atoms with Crippen molar-refractivity contribution in [3.8, 4) is 5.75 Å². The minimum atomic E-state index is -0.765. The summed E-state index contributed by atoms with van der Waals surface area (Å²) in [7, 11) is 1.64. The van der Waals surface area contributed by atoms with E-state index in [1.54, 1.807) is 7.11 Å². The van der Waals surface area contributed by atoms with E-state index < -0.39 is 11.7 Å². The quantitative estimate of drug-likeness (QED) is 0.597. The van der Waals surface area contributed by atoms with Gasteiger partial charge in [0, 0.05) is 0 Å². The Morgan fingerprint density at radius 1 is 0.962 bits per heavy atom. The lowest BCUT2D eigenvalue weighted by Crippen LogP contribution is -2.27. The number of methoxy groups -OCH3 is 1. The first-order valence-electron chi connectivity index (χ1n) is 9.32. The standard InChI is InChI=1S/C22H24O4/c1-24-18-14-12-17(13-15-18)22(16-8-4-2-5-9-16)20(26-22)21(23)25-19-10-6-3-7-11-19/h2,4-5,8-9,12-15,19-20H,3,6-7,10-11H2,1H3. The highest BCUT2D eigenvalue weighted by Gasteiger charge is 2.64. The van der Waals surface area contributed by atoms with Gasteiger partial charge in [0.05, 0.1) is 7.11 Å². The van der Waals surface area contributed by atoms with E-state index in [-0.39, 0.29) is 12.1 Å². The van der Waals surface area contributed by atoms with E-state index in [9.17, 15) is 4.79 Å². The molecular formula is C22H24O4. The zero-order valence-corrected chi connectivity index (χ0v) is 15.0. The summed E-state index contributed by atoms with van der Waals surface area (Å²) in [6, 6.07) is 17.6. The third-order valence-electron chi connectivity index (χ3n) is 5.39. The van der Waals surface area contributed by atoms with Crippen LogP contribution in [0.2, 0.25) is 0 Å². The number of hydrogen-bond acceptors (Lipinski definition) is 4. The van der Waals surface area contributed by atoms with Gasteiger partial charge >= 0.3 is 5.97 Å². The molecule has 1 heterocycles. The molecule has 136 valence electrons. The maximum Gasteiger partial charge on any atom is 0.339 e. The smallest absolute Gasteiger partial charge is 0.339 e. The number of benzene rings is 2. The van der Waals surface area contributed by atoms with Crippen LogP contribution in [0, 0.1) is 0 Å². The van der Waals surface area contributed by atoms with Crippen molar-refractivity contribution in [2.45, 2.75) is 49.9 Å². The minimum absolute atomic E-state index is 0.0322. The average molecular weight is 352 g/mol. The lowest BCUT2D eigenvalue weighted by Gasteiger charge is -2.22. The second kappa shape index (κ2) is 7.12. The fraction of sp³-hybridized carbons (Fsp3) is 0.409. The lowest BCUT2D eigenvalue weighted by molar-refractivity contribution is -0.152. The summed E-state index contributed by atoms with van der Waals surface area (Å²) >= 11 is 0. The highest BCUT2D eigenvalue weighted by atomic mass is 16.7. The third kappa shape index (κ3) is 3.10. The van der Waals surface area contributed by atoms with Crippen molar-refractivity contribution in [1.29, 1.82) is 0 Å². The van der Waals surface area contributed by atoms with Crippen LogP contribution in [0.25, 0.3) is 0 Å². The molecule has 0 spiro atoms. The number of hydrogen-bond donors (Lipinski definition) is 0. The van der Waals surface area contributed by atoms with Gasteiger partial charge in [-0.25, -0.2) is 4.79 Å². The predicted molar refractivity (Wildman–Crippen MR) is 98.1 cm³/mol. The molecular weight excluding hydrogens is 328 g/mol. The Balaban J connectivity index is 1.60. The van der Waals surface area contributed by atoms with Crippen molar-refractivity contribution >= 4 is 5.97 Å². The number of carbonyl (C=O) groups excluding carboxylic acids is 1. The van der Waals surface area contributed by atoms with Gasteiger partial charge in [0.2, 0.25) is 0 Å². The molecule has 0 bridgehead atoms. The van der Waals surface area contributed by atoms with E-state index in [0.717, 1.165) is 42.6 Å². The number of rotatable bonds is 5. The van der Waals surface area contributed by atoms with E-state index in [0.29, 0.717) is 0 Å². The number of esters is 1. The lowest BCUT2D eigenvalue weighted by atomic mass is 9.87. The van der Waals surface area contributed by atoms with Crippen LogP contribution in [0.3, 0.4) is 0 Å². The molecule has 4 heteroatoms. The molecule has 2 unspecified atom stereocenters. The van der Waals surface area contributed by atoms with Gasteiger partial charge in [-0.2, -0.15) is 0 Å². The van der Waals surface area contributed by atoms with Gasteiger partial charge in [-0.05, 0) is 48.9 Å². The summed E-state index contributed by atoms with van der Waals surface area (Å²) in [6.45, 7) is 0. The van der Waals surface area contributed by atoms with E-state index in [2.05, 4.69) is 0 Å². The summed E-state index contributed by atoms with van der Waals surface area (Å²) in [6.07, 6.45) is 4.84. The molecule has 2 atom stereocenters. The second-order valence-corrected chi connectivity index (χ2v) is 7.02. The monoisotopic (exact) mass is 352 g/mol. The van der Waals surface area contributed by atoms with Gasteiger partial charge in [-0.3, -0.25) is 0 Å². The van der Waals surface area contributed by atoms with Crippen LogP contribution in [0.15, 0.2) is 54.6 Å². The Morgan fingerprint density at radius 2 is 1.62 bits per heavy atom. The van der Waals surface area contributed by atoms with Crippen LogP contribution in [0.1, 0.15) is 43.2 Å². The van der Waals surface area contributed by atoms with Gasteiger partial charge < -0.3 is 14.2 Å². The van der Waals surface area contributed by atoms with E-state index >= 15 is 0 Å². The first kappa shape index (κ1) is 17.1. The number of carbonyl (C=O) groups is 1. The van der Waals surface area contributed by atoms with Gasteiger partial charge in [0.25, 0.3) is 0 Å². The van der Waals surface area contributed by atoms with Gasteiger partial charge in [-0.1, -0.05) is 48.9 Å². The fourth-order valence-electron chi connectivity index (χ4n) is 3.90. The Labute approximate surface area is 154 Å². The molecule has 4 nitrogen and oxygen atoms in total. The second-order valence-electron chi connectivity index (χ2n) is 7.02. The Kier molecular flexibility index (Phi) is 4.68. The van der Waals surface area contributed by atoms with Gasteiger partial charge in [-0.15, -0.1) is 0 Å². The topological polar surface area (TPSA) is 48.1 Å². The van der Waals surface area contributed by atoms with Crippen molar-refractivity contribution in [2.75, 3.05) is 7.11 Å². The predicted octanol–water partition coefficient (Wildman–Crippen LogP) is 4.21. The minimum Gasteiger partial charge on any atom is -0.497 e. The van der Waals surface area contributed by atoms with Crippen LogP contribution >= 0.6 is 0 Å². The van der Waals surface area contributed by atoms with Gasteiger partial charge in [0.1, 0.15) is 11.9 Å². The highest BCUT2D eigenvalue weighted by Crippen LogP contribution is 2.52. The Morgan fingerprint density at radius 3 is 2.27 bits per heavy atom. The van der Waals surface area contributed by atoms with E-state index in [1.807, 2.05) is 54.6 Å². The highest BCUT2D eigenvalue weighted by molar-refractivity contribution is 5.82. The summed E-state index contributed by atoms with van der Waals surface area (Å²) in [5.74, 6) is 0.524. The van der Waals surface area contributed by atoms with Gasteiger partial charge in [0.15, 0.2) is 11.7 Å². The molecule has 0 N–H and O–H groups in total. The van der Waals surface area contributed by atoms with Crippen molar-refractivity contribution in [3.63, 3.8) is 0 Å². The number of ether oxygens (including phenoxy) is 3. The van der Waals surface area contributed by atoms with Crippen LogP contribution in [0.4, 0.5) is 0 Å². The van der Waals surface area contributed by atoms with Crippen LogP contribution < -0.4 is 4.74 Å². The Bertz CT molecular complexity index is 749. The average Bonchev–Trinajstić information content (AvgIpc) is 3.47. The molecule has 4 rings (SSSR count). The molecule has 0 amide bonds. The van der Waals surface area contributed by atoms with Crippen molar-refractivity contribution < 1.29 is 19.0 Å². The Hall–Kier alpha value is -2.33. The molecule has 0 radical (unpaired) electrons. The zero-order chi connectivity index (χ0) is 18.0. The summed E-state index contributed by atoms with van der Waals surface area (Å²) in [5.41, 5.74) is 1.14.